The molecule has 2 heterocycles. The maximum absolute atomic E-state index is 12.9. The van der Waals surface area contributed by atoms with Gasteiger partial charge in [-0.1, -0.05) is 30.0 Å². The molecule has 0 fully saturated rings. The van der Waals surface area contributed by atoms with E-state index >= 15 is 0 Å². The van der Waals surface area contributed by atoms with Crippen molar-refractivity contribution in [3.63, 3.8) is 0 Å². The van der Waals surface area contributed by atoms with Crippen molar-refractivity contribution in [2.24, 2.45) is 0 Å². The number of carbonyl (C=O) groups is 2. The molecule has 0 radical (unpaired) electrons. The van der Waals surface area contributed by atoms with Crippen LogP contribution in [-0.2, 0) is 5.75 Å². The standard InChI is InChI=1S/C23H20N4O5S/c1-30-18-9-8-14(12-19(18)31-2)21(28)26-27-22(29)20-16(13-33-23-24-10-5-11-25-23)15-6-3-4-7-17(15)32-20/h3-12H,13H2,1-2H3,(H,26,28)(H,27,29). The largest absolute Gasteiger partial charge is 0.493 e. The Kier molecular flexibility index (Phi) is 6.75. The van der Waals surface area contributed by atoms with Gasteiger partial charge in [0, 0.05) is 34.7 Å². The number of rotatable bonds is 7. The first-order valence-corrected chi connectivity index (χ1v) is 10.8. The average molecular weight is 465 g/mol. The molecular formula is C23H20N4O5S. The monoisotopic (exact) mass is 464 g/mol. The molecule has 33 heavy (non-hydrogen) atoms. The number of hydrogen-bond acceptors (Lipinski definition) is 8. The summed E-state index contributed by atoms with van der Waals surface area (Å²) < 4.78 is 16.2. The van der Waals surface area contributed by atoms with Gasteiger partial charge >= 0.3 is 5.91 Å². The number of furan rings is 1. The van der Waals surface area contributed by atoms with E-state index in [0.717, 1.165) is 5.39 Å². The van der Waals surface area contributed by atoms with E-state index in [1.54, 1.807) is 36.7 Å². The Morgan fingerprint density at radius 2 is 1.67 bits per heavy atom. The Hall–Kier alpha value is -4.05. The molecule has 4 rings (SSSR count). The zero-order valence-electron chi connectivity index (χ0n) is 17.8. The number of thioether (sulfide) groups is 1. The van der Waals surface area contributed by atoms with Gasteiger partial charge in [0.15, 0.2) is 22.4 Å². The summed E-state index contributed by atoms with van der Waals surface area (Å²) in [6, 6.07) is 13.8. The third-order valence-corrected chi connectivity index (χ3v) is 5.63. The van der Waals surface area contributed by atoms with E-state index in [1.165, 1.54) is 32.0 Å². The third kappa shape index (κ3) is 4.90. The summed E-state index contributed by atoms with van der Waals surface area (Å²) in [5.74, 6) is 0.305. The number of fused-ring (bicyclic) bond motifs is 1. The molecule has 0 spiro atoms. The zero-order chi connectivity index (χ0) is 23.2. The molecule has 0 aliphatic rings. The molecular weight excluding hydrogens is 444 g/mol. The Bertz CT molecular complexity index is 1290. The first-order chi connectivity index (χ1) is 16.1. The van der Waals surface area contributed by atoms with E-state index in [1.807, 2.05) is 18.2 Å². The summed E-state index contributed by atoms with van der Waals surface area (Å²) >= 11 is 1.38. The van der Waals surface area contributed by atoms with Gasteiger partial charge in [-0.3, -0.25) is 20.4 Å². The first kappa shape index (κ1) is 22.2. The maximum Gasteiger partial charge on any atom is 0.305 e. The van der Waals surface area contributed by atoms with E-state index in [2.05, 4.69) is 20.8 Å². The molecule has 0 aliphatic carbocycles. The molecule has 0 atom stereocenters. The van der Waals surface area contributed by atoms with Crippen LogP contribution in [0.2, 0.25) is 0 Å². The van der Waals surface area contributed by atoms with Crippen LogP contribution in [0.15, 0.2) is 70.5 Å². The number of para-hydroxylation sites is 1. The zero-order valence-corrected chi connectivity index (χ0v) is 18.6. The van der Waals surface area contributed by atoms with Crippen molar-refractivity contribution in [2.45, 2.75) is 10.9 Å². The fourth-order valence-corrected chi connectivity index (χ4v) is 3.97. The van der Waals surface area contributed by atoms with Crippen LogP contribution in [0.4, 0.5) is 0 Å². The van der Waals surface area contributed by atoms with Gasteiger partial charge in [-0.05, 0) is 30.3 Å². The second kappa shape index (κ2) is 10.0. The minimum absolute atomic E-state index is 0.104. The summed E-state index contributed by atoms with van der Waals surface area (Å²) in [6.07, 6.45) is 3.31. The predicted octanol–water partition coefficient (Wildman–Crippen LogP) is 3.61. The molecule has 9 nitrogen and oxygen atoms in total. The predicted molar refractivity (Wildman–Crippen MR) is 122 cm³/mol. The topological polar surface area (TPSA) is 116 Å². The van der Waals surface area contributed by atoms with Crippen molar-refractivity contribution >= 4 is 34.5 Å². The van der Waals surface area contributed by atoms with E-state index < -0.39 is 11.8 Å². The number of benzene rings is 2. The summed E-state index contributed by atoms with van der Waals surface area (Å²) in [5.41, 5.74) is 6.36. The fourth-order valence-electron chi connectivity index (χ4n) is 3.14. The van der Waals surface area contributed by atoms with Gasteiger partial charge in [-0.2, -0.15) is 0 Å². The summed E-state index contributed by atoms with van der Waals surface area (Å²) in [5, 5.41) is 1.38. The van der Waals surface area contributed by atoms with Gasteiger partial charge < -0.3 is 13.9 Å². The van der Waals surface area contributed by atoms with E-state index in [-0.39, 0.29) is 11.3 Å². The lowest BCUT2D eigenvalue weighted by molar-refractivity contribution is 0.0831. The van der Waals surface area contributed by atoms with E-state index in [0.29, 0.717) is 33.6 Å². The van der Waals surface area contributed by atoms with Crippen molar-refractivity contribution in [1.29, 1.82) is 0 Å². The summed E-state index contributed by atoms with van der Waals surface area (Å²) in [7, 11) is 2.98. The molecule has 10 heteroatoms. The highest BCUT2D eigenvalue weighted by atomic mass is 32.2. The van der Waals surface area contributed by atoms with Crippen molar-refractivity contribution in [1.82, 2.24) is 20.8 Å². The van der Waals surface area contributed by atoms with Crippen LogP contribution in [0.25, 0.3) is 11.0 Å². The van der Waals surface area contributed by atoms with Gasteiger partial charge in [0.1, 0.15) is 5.58 Å². The Labute approximate surface area is 193 Å². The minimum Gasteiger partial charge on any atom is -0.493 e. The van der Waals surface area contributed by atoms with Gasteiger partial charge in [-0.25, -0.2) is 9.97 Å². The van der Waals surface area contributed by atoms with Gasteiger partial charge in [-0.15, -0.1) is 0 Å². The minimum atomic E-state index is -0.579. The molecule has 168 valence electrons. The number of hydrogen-bond donors (Lipinski definition) is 2. The number of hydrazine groups is 1. The van der Waals surface area contributed by atoms with E-state index in [4.69, 9.17) is 13.9 Å². The molecule has 2 aromatic carbocycles. The van der Waals surface area contributed by atoms with Crippen molar-refractivity contribution < 1.29 is 23.5 Å². The molecule has 2 amide bonds. The average Bonchev–Trinajstić information content (AvgIpc) is 3.24. The van der Waals surface area contributed by atoms with Crippen LogP contribution in [0.1, 0.15) is 26.5 Å². The van der Waals surface area contributed by atoms with Crippen LogP contribution < -0.4 is 20.3 Å². The number of aromatic nitrogens is 2. The van der Waals surface area contributed by atoms with E-state index in [9.17, 15) is 9.59 Å². The number of methoxy groups -OCH3 is 2. The van der Waals surface area contributed by atoms with Crippen LogP contribution >= 0.6 is 11.8 Å². The van der Waals surface area contributed by atoms with Gasteiger partial charge in [0.2, 0.25) is 0 Å². The Morgan fingerprint density at radius 3 is 2.42 bits per heavy atom. The highest BCUT2D eigenvalue weighted by Gasteiger charge is 2.22. The molecule has 0 saturated heterocycles. The number of nitrogens with zero attached hydrogens (tertiary/aromatic N) is 2. The van der Waals surface area contributed by atoms with Crippen molar-refractivity contribution in [3.8, 4) is 11.5 Å². The second-order valence-corrected chi connectivity index (χ2v) is 7.65. The Morgan fingerprint density at radius 1 is 0.939 bits per heavy atom. The van der Waals surface area contributed by atoms with Crippen LogP contribution in [0.5, 0.6) is 11.5 Å². The number of ether oxygens (including phenoxy) is 2. The molecule has 0 bridgehead atoms. The maximum atomic E-state index is 12.9. The quantitative estimate of drug-likeness (QED) is 0.242. The number of nitrogens with one attached hydrogen (secondary N) is 2. The summed E-state index contributed by atoms with van der Waals surface area (Å²) in [6.45, 7) is 0. The lowest BCUT2D eigenvalue weighted by Crippen LogP contribution is -2.41. The Balaban J connectivity index is 1.51. The molecule has 2 N–H and O–H groups in total. The fraction of sp³-hybridized carbons (Fsp3) is 0.130. The molecule has 2 aromatic heterocycles. The highest BCUT2D eigenvalue weighted by molar-refractivity contribution is 7.98. The molecule has 4 aromatic rings. The SMILES string of the molecule is COc1ccc(C(=O)NNC(=O)c2oc3ccccc3c2CSc2ncccn2)cc1OC. The number of amides is 2. The van der Waals surface area contributed by atoms with Crippen molar-refractivity contribution in [3.05, 3.63) is 77.8 Å². The van der Waals surface area contributed by atoms with Crippen LogP contribution in [-0.4, -0.2) is 36.0 Å². The first-order valence-electron chi connectivity index (χ1n) is 9.83. The summed E-state index contributed by atoms with van der Waals surface area (Å²) in [4.78, 5) is 33.8. The normalized spacial score (nSPS) is 10.6. The smallest absolute Gasteiger partial charge is 0.305 e. The van der Waals surface area contributed by atoms with Crippen LogP contribution in [0, 0.1) is 0 Å². The highest BCUT2D eigenvalue weighted by Crippen LogP contribution is 2.31. The van der Waals surface area contributed by atoms with Gasteiger partial charge in [0.25, 0.3) is 5.91 Å². The molecule has 0 saturated carbocycles. The van der Waals surface area contributed by atoms with Gasteiger partial charge in [0.05, 0.1) is 14.2 Å². The lowest BCUT2D eigenvalue weighted by Gasteiger charge is -2.10. The van der Waals surface area contributed by atoms with Crippen LogP contribution in [0.3, 0.4) is 0 Å². The third-order valence-electron chi connectivity index (χ3n) is 4.73. The van der Waals surface area contributed by atoms with Crippen molar-refractivity contribution in [2.75, 3.05) is 14.2 Å². The molecule has 0 aliphatic heterocycles. The number of carbonyl (C=O) groups excluding carboxylic acids is 2. The second-order valence-electron chi connectivity index (χ2n) is 6.70. The molecule has 0 unspecified atom stereocenters. The lowest BCUT2D eigenvalue weighted by atomic mass is 10.1.